The predicted octanol–water partition coefficient (Wildman–Crippen LogP) is 3.23. The molecule has 0 aliphatic heterocycles. The van der Waals surface area contributed by atoms with Gasteiger partial charge in [-0.05, 0) is 31.6 Å². The minimum Gasteiger partial charge on any atom is -0.479 e. The third-order valence-electron chi connectivity index (χ3n) is 3.94. The van der Waals surface area contributed by atoms with Crippen molar-refractivity contribution in [3.05, 3.63) is 0 Å². The Morgan fingerprint density at radius 1 is 1.31 bits per heavy atom. The molecule has 3 nitrogen and oxygen atoms in total. The van der Waals surface area contributed by atoms with E-state index < -0.39 is 11.6 Å². The van der Waals surface area contributed by atoms with Gasteiger partial charge in [0.25, 0.3) is 0 Å². The molecule has 16 heavy (non-hydrogen) atoms. The second-order valence-corrected chi connectivity index (χ2v) is 4.92. The van der Waals surface area contributed by atoms with Gasteiger partial charge in [-0.1, -0.05) is 33.6 Å². The van der Waals surface area contributed by atoms with Gasteiger partial charge in [0.2, 0.25) is 0 Å². The number of rotatable bonds is 5. The Kier molecular flexibility index (Phi) is 4.78. The molecular formula is C13H24O3. The van der Waals surface area contributed by atoms with Crippen LogP contribution in [-0.2, 0) is 9.53 Å². The summed E-state index contributed by atoms with van der Waals surface area (Å²) in [6.45, 7) is 5.96. The van der Waals surface area contributed by atoms with Crippen LogP contribution in [0.2, 0.25) is 0 Å². The predicted molar refractivity (Wildman–Crippen MR) is 63.5 cm³/mol. The summed E-state index contributed by atoms with van der Waals surface area (Å²) in [7, 11) is 0. The zero-order valence-electron chi connectivity index (χ0n) is 10.7. The van der Waals surface area contributed by atoms with Crippen molar-refractivity contribution in [2.24, 2.45) is 5.92 Å². The molecule has 1 N–H and O–H groups in total. The smallest absolute Gasteiger partial charge is 0.335 e. The molecule has 1 aliphatic carbocycles. The van der Waals surface area contributed by atoms with E-state index in [1.54, 1.807) is 0 Å². The SMILES string of the molecule is CCC(CC)(OC1CCCCC1C)C(=O)O. The largest absolute Gasteiger partial charge is 0.479 e. The lowest BCUT2D eigenvalue weighted by Gasteiger charge is -2.37. The van der Waals surface area contributed by atoms with E-state index >= 15 is 0 Å². The van der Waals surface area contributed by atoms with Crippen molar-refractivity contribution in [2.45, 2.75) is 71.0 Å². The van der Waals surface area contributed by atoms with Crippen LogP contribution in [0.4, 0.5) is 0 Å². The van der Waals surface area contributed by atoms with Crippen molar-refractivity contribution in [1.29, 1.82) is 0 Å². The van der Waals surface area contributed by atoms with Crippen LogP contribution in [0.15, 0.2) is 0 Å². The standard InChI is InChI=1S/C13H24O3/c1-4-13(5-2,12(14)15)16-11-9-7-6-8-10(11)3/h10-11H,4-9H2,1-3H3,(H,14,15). The van der Waals surface area contributed by atoms with Crippen LogP contribution >= 0.6 is 0 Å². The molecule has 0 radical (unpaired) electrons. The first kappa shape index (κ1) is 13.5. The van der Waals surface area contributed by atoms with E-state index in [1.807, 2.05) is 13.8 Å². The Hall–Kier alpha value is -0.570. The van der Waals surface area contributed by atoms with E-state index in [-0.39, 0.29) is 6.10 Å². The topological polar surface area (TPSA) is 46.5 Å². The third-order valence-corrected chi connectivity index (χ3v) is 3.94. The average Bonchev–Trinajstić information content (AvgIpc) is 2.28. The molecule has 1 rings (SSSR count). The van der Waals surface area contributed by atoms with Gasteiger partial charge >= 0.3 is 5.97 Å². The Morgan fingerprint density at radius 3 is 2.31 bits per heavy atom. The number of carboxylic acid groups (broad SMARTS) is 1. The second kappa shape index (κ2) is 5.67. The molecular weight excluding hydrogens is 204 g/mol. The van der Waals surface area contributed by atoms with Gasteiger partial charge in [0, 0.05) is 0 Å². The van der Waals surface area contributed by atoms with Gasteiger partial charge in [-0.3, -0.25) is 0 Å². The first-order chi connectivity index (χ1) is 7.55. The molecule has 0 amide bonds. The van der Waals surface area contributed by atoms with E-state index in [0.717, 1.165) is 19.3 Å². The van der Waals surface area contributed by atoms with Crippen molar-refractivity contribution in [1.82, 2.24) is 0 Å². The molecule has 0 aromatic heterocycles. The van der Waals surface area contributed by atoms with Gasteiger partial charge in [0.15, 0.2) is 5.60 Å². The molecule has 2 unspecified atom stereocenters. The summed E-state index contributed by atoms with van der Waals surface area (Å²) >= 11 is 0. The highest BCUT2D eigenvalue weighted by Crippen LogP contribution is 2.32. The van der Waals surface area contributed by atoms with E-state index in [9.17, 15) is 9.90 Å². The molecule has 0 aromatic carbocycles. The molecule has 1 saturated carbocycles. The van der Waals surface area contributed by atoms with Crippen LogP contribution in [0.1, 0.15) is 59.3 Å². The second-order valence-electron chi connectivity index (χ2n) is 4.92. The first-order valence-electron chi connectivity index (χ1n) is 6.47. The molecule has 1 fully saturated rings. The molecule has 0 bridgehead atoms. The molecule has 0 heterocycles. The van der Waals surface area contributed by atoms with Crippen LogP contribution in [0.3, 0.4) is 0 Å². The maximum atomic E-state index is 11.3. The average molecular weight is 228 g/mol. The lowest BCUT2D eigenvalue weighted by molar-refractivity contribution is -0.182. The normalized spacial score (nSPS) is 26.7. The summed E-state index contributed by atoms with van der Waals surface area (Å²) in [5, 5.41) is 9.32. The monoisotopic (exact) mass is 228 g/mol. The highest BCUT2D eigenvalue weighted by molar-refractivity contribution is 5.77. The summed E-state index contributed by atoms with van der Waals surface area (Å²) in [4.78, 5) is 11.3. The van der Waals surface area contributed by atoms with Crippen molar-refractivity contribution in [3.63, 3.8) is 0 Å². The van der Waals surface area contributed by atoms with Crippen molar-refractivity contribution in [2.75, 3.05) is 0 Å². The Balaban J connectivity index is 2.70. The fraction of sp³-hybridized carbons (Fsp3) is 0.923. The Morgan fingerprint density at radius 2 is 1.88 bits per heavy atom. The molecule has 0 saturated heterocycles. The summed E-state index contributed by atoms with van der Waals surface area (Å²) in [6.07, 6.45) is 5.80. The number of carboxylic acids is 1. The summed E-state index contributed by atoms with van der Waals surface area (Å²) in [6, 6.07) is 0. The summed E-state index contributed by atoms with van der Waals surface area (Å²) in [5.74, 6) is -0.319. The van der Waals surface area contributed by atoms with Crippen molar-refractivity contribution < 1.29 is 14.6 Å². The summed E-state index contributed by atoms with van der Waals surface area (Å²) < 4.78 is 5.95. The first-order valence-corrected chi connectivity index (χ1v) is 6.47. The van der Waals surface area contributed by atoms with Crippen molar-refractivity contribution >= 4 is 5.97 Å². The van der Waals surface area contributed by atoms with E-state index in [1.165, 1.54) is 6.42 Å². The van der Waals surface area contributed by atoms with Crippen molar-refractivity contribution in [3.8, 4) is 0 Å². The summed E-state index contributed by atoms with van der Waals surface area (Å²) in [5.41, 5.74) is -0.962. The number of carbonyl (C=O) groups is 1. The van der Waals surface area contributed by atoms with Gasteiger partial charge in [0.05, 0.1) is 6.10 Å². The van der Waals surface area contributed by atoms with Gasteiger partial charge in [0.1, 0.15) is 0 Å². The lowest BCUT2D eigenvalue weighted by atomic mass is 9.86. The van der Waals surface area contributed by atoms with Gasteiger partial charge in [-0.2, -0.15) is 0 Å². The van der Waals surface area contributed by atoms with E-state index in [2.05, 4.69) is 6.92 Å². The van der Waals surface area contributed by atoms with Gasteiger partial charge in [-0.15, -0.1) is 0 Å². The van der Waals surface area contributed by atoms with Crippen LogP contribution in [0.25, 0.3) is 0 Å². The van der Waals surface area contributed by atoms with E-state index in [4.69, 9.17) is 4.74 Å². The number of aliphatic carboxylic acids is 1. The minimum absolute atomic E-state index is 0.129. The van der Waals surface area contributed by atoms with Crippen LogP contribution in [0, 0.1) is 5.92 Å². The Bertz CT molecular complexity index is 233. The Labute approximate surface area is 98.2 Å². The lowest BCUT2D eigenvalue weighted by Crippen LogP contribution is -2.45. The molecule has 1 aliphatic rings. The number of ether oxygens (including phenoxy) is 1. The fourth-order valence-electron chi connectivity index (χ4n) is 2.52. The number of hydrogen-bond donors (Lipinski definition) is 1. The molecule has 0 aromatic rings. The minimum atomic E-state index is -0.962. The highest BCUT2D eigenvalue weighted by Gasteiger charge is 2.40. The van der Waals surface area contributed by atoms with Crippen LogP contribution in [0.5, 0.6) is 0 Å². The molecule has 0 spiro atoms. The zero-order valence-corrected chi connectivity index (χ0v) is 10.7. The fourth-order valence-corrected chi connectivity index (χ4v) is 2.52. The maximum absolute atomic E-state index is 11.3. The van der Waals surface area contributed by atoms with Gasteiger partial charge in [-0.25, -0.2) is 4.79 Å². The maximum Gasteiger partial charge on any atom is 0.335 e. The zero-order chi connectivity index (χ0) is 12.2. The highest BCUT2D eigenvalue weighted by atomic mass is 16.5. The molecule has 94 valence electrons. The number of hydrogen-bond acceptors (Lipinski definition) is 2. The molecule has 2 atom stereocenters. The third kappa shape index (κ3) is 2.76. The van der Waals surface area contributed by atoms with E-state index in [0.29, 0.717) is 18.8 Å². The van der Waals surface area contributed by atoms with Crippen LogP contribution in [-0.4, -0.2) is 22.8 Å². The van der Waals surface area contributed by atoms with Gasteiger partial charge < -0.3 is 9.84 Å². The van der Waals surface area contributed by atoms with Crippen LogP contribution < -0.4 is 0 Å². The quantitative estimate of drug-likeness (QED) is 0.785. The molecule has 3 heteroatoms.